The molecule has 0 aromatic carbocycles. The molecule has 1 N–H and O–H groups in total. The van der Waals surface area contributed by atoms with Crippen LogP contribution in [0.25, 0.3) is 0 Å². The van der Waals surface area contributed by atoms with Crippen molar-refractivity contribution in [1.82, 2.24) is 25.5 Å². The van der Waals surface area contributed by atoms with Gasteiger partial charge in [-0.25, -0.2) is 0 Å². The number of carbonyl (C=O) groups excluding carboxylic acids is 1. The quantitative estimate of drug-likeness (QED) is 0.633. The molecule has 6 nitrogen and oxygen atoms in total. The third kappa shape index (κ3) is 6.12. The molecule has 0 atom stereocenters. The van der Waals surface area contributed by atoms with Crippen LogP contribution in [-0.4, -0.2) is 44.5 Å². The highest BCUT2D eigenvalue weighted by Crippen LogP contribution is 2.07. The number of amides is 1. The highest BCUT2D eigenvalue weighted by atomic mass is 16.2. The van der Waals surface area contributed by atoms with Crippen LogP contribution >= 0.6 is 0 Å². The van der Waals surface area contributed by atoms with Crippen molar-refractivity contribution in [3.8, 4) is 0 Å². The van der Waals surface area contributed by atoms with Gasteiger partial charge in [0.05, 0.1) is 0 Å². The summed E-state index contributed by atoms with van der Waals surface area (Å²) >= 11 is 0. The van der Waals surface area contributed by atoms with Gasteiger partial charge in [-0.1, -0.05) is 52.4 Å². The van der Waals surface area contributed by atoms with Gasteiger partial charge in [-0.2, -0.15) is 5.21 Å². The molecule has 1 aromatic heterocycles. The SMILES string of the molecule is CCCCCCN(CCCCCC)C(=O)c1nn[nH]n1. The van der Waals surface area contributed by atoms with E-state index in [1.165, 1.54) is 38.5 Å². The zero-order valence-corrected chi connectivity index (χ0v) is 12.8. The molecule has 0 aliphatic carbocycles. The molecule has 1 rings (SSSR count). The molecule has 1 amide bonds. The number of aromatic amines is 1. The summed E-state index contributed by atoms with van der Waals surface area (Å²) in [5.74, 6) is 0.0720. The fraction of sp³-hybridized carbons (Fsp3) is 0.857. The summed E-state index contributed by atoms with van der Waals surface area (Å²) in [5, 5.41) is 13.4. The Hall–Kier alpha value is -1.46. The summed E-state index contributed by atoms with van der Waals surface area (Å²) in [6, 6.07) is 0. The van der Waals surface area contributed by atoms with Gasteiger partial charge in [0.2, 0.25) is 0 Å². The second kappa shape index (κ2) is 10.3. The van der Waals surface area contributed by atoms with E-state index >= 15 is 0 Å². The molecule has 0 spiro atoms. The number of tetrazole rings is 1. The molecule has 0 fully saturated rings. The minimum Gasteiger partial charge on any atom is -0.336 e. The van der Waals surface area contributed by atoms with Gasteiger partial charge < -0.3 is 4.90 Å². The summed E-state index contributed by atoms with van der Waals surface area (Å²) in [7, 11) is 0. The van der Waals surface area contributed by atoms with Crippen molar-refractivity contribution in [2.75, 3.05) is 13.1 Å². The van der Waals surface area contributed by atoms with Gasteiger partial charge in [0.25, 0.3) is 11.7 Å². The van der Waals surface area contributed by atoms with Crippen LogP contribution in [0.4, 0.5) is 0 Å². The Kier molecular flexibility index (Phi) is 8.58. The Labute approximate surface area is 121 Å². The van der Waals surface area contributed by atoms with Crippen molar-refractivity contribution in [2.45, 2.75) is 65.2 Å². The van der Waals surface area contributed by atoms with Crippen LogP contribution in [0.2, 0.25) is 0 Å². The van der Waals surface area contributed by atoms with E-state index in [4.69, 9.17) is 0 Å². The average Bonchev–Trinajstić information content (AvgIpc) is 2.99. The molecular formula is C14H27N5O. The summed E-state index contributed by atoms with van der Waals surface area (Å²) in [4.78, 5) is 14.1. The lowest BCUT2D eigenvalue weighted by Gasteiger charge is -2.21. The number of nitrogens with one attached hydrogen (secondary N) is 1. The van der Waals surface area contributed by atoms with Gasteiger partial charge in [-0.05, 0) is 18.1 Å². The summed E-state index contributed by atoms with van der Waals surface area (Å²) < 4.78 is 0. The smallest absolute Gasteiger partial charge is 0.295 e. The minimum absolute atomic E-state index is 0.105. The van der Waals surface area contributed by atoms with E-state index in [9.17, 15) is 4.79 Å². The number of hydrogen-bond donors (Lipinski definition) is 1. The highest BCUT2D eigenvalue weighted by Gasteiger charge is 2.18. The van der Waals surface area contributed by atoms with Crippen molar-refractivity contribution in [3.63, 3.8) is 0 Å². The van der Waals surface area contributed by atoms with Crippen molar-refractivity contribution >= 4 is 5.91 Å². The zero-order chi connectivity index (χ0) is 14.6. The number of H-pyrrole nitrogens is 1. The first-order valence-corrected chi connectivity index (χ1v) is 7.82. The first kappa shape index (κ1) is 16.6. The molecular weight excluding hydrogens is 254 g/mol. The van der Waals surface area contributed by atoms with Crippen LogP contribution in [0.5, 0.6) is 0 Å². The van der Waals surface area contributed by atoms with E-state index in [1.54, 1.807) is 0 Å². The minimum atomic E-state index is -0.105. The third-order valence-electron chi connectivity index (χ3n) is 3.39. The monoisotopic (exact) mass is 281 g/mol. The lowest BCUT2D eigenvalue weighted by Crippen LogP contribution is -2.33. The van der Waals surface area contributed by atoms with Crippen molar-refractivity contribution < 1.29 is 4.79 Å². The van der Waals surface area contributed by atoms with Crippen molar-refractivity contribution in [1.29, 1.82) is 0 Å². The average molecular weight is 281 g/mol. The van der Waals surface area contributed by atoms with Crippen molar-refractivity contribution in [2.24, 2.45) is 0 Å². The first-order valence-electron chi connectivity index (χ1n) is 7.82. The molecule has 0 unspecified atom stereocenters. The molecule has 6 heteroatoms. The molecule has 0 radical (unpaired) electrons. The number of rotatable bonds is 11. The highest BCUT2D eigenvalue weighted by molar-refractivity contribution is 5.90. The molecule has 0 aliphatic rings. The second-order valence-electron chi connectivity index (χ2n) is 5.15. The van der Waals surface area contributed by atoms with Gasteiger partial charge in [0, 0.05) is 13.1 Å². The van der Waals surface area contributed by atoms with Gasteiger partial charge in [0.1, 0.15) is 0 Å². The van der Waals surface area contributed by atoms with E-state index in [1.807, 2.05) is 4.90 Å². The molecule has 0 saturated carbocycles. The Bertz CT molecular complexity index is 340. The number of carbonyl (C=O) groups is 1. The van der Waals surface area contributed by atoms with Gasteiger partial charge in [-0.3, -0.25) is 4.79 Å². The number of aromatic nitrogens is 4. The maximum absolute atomic E-state index is 12.3. The van der Waals surface area contributed by atoms with Crippen molar-refractivity contribution in [3.05, 3.63) is 5.82 Å². The van der Waals surface area contributed by atoms with Crippen LogP contribution in [0.3, 0.4) is 0 Å². The predicted octanol–water partition coefficient (Wildman–Crippen LogP) is 2.80. The van der Waals surface area contributed by atoms with Crippen LogP contribution in [-0.2, 0) is 0 Å². The molecule has 0 bridgehead atoms. The number of hydrogen-bond acceptors (Lipinski definition) is 4. The van der Waals surface area contributed by atoms with Gasteiger partial charge in [0.15, 0.2) is 0 Å². The lowest BCUT2D eigenvalue weighted by atomic mass is 10.1. The first-order chi connectivity index (χ1) is 9.79. The standard InChI is InChI=1S/C14H27N5O/c1-3-5-7-9-11-19(12-10-8-6-4-2)14(20)13-15-17-18-16-13/h3-12H2,1-2H3,(H,15,16,17,18). The predicted molar refractivity (Wildman–Crippen MR) is 78.4 cm³/mol. The van der Waals surface area contributed by atoms with Crippen LogP contribution in [0, 0.1) is 0 Å². The fourth-order valence-corrected chi connectivity index (χ4v) is 2.17. The Morgan fingerprint density at radius 2 is 1.60 bits per heavy atom. The van der Waals surface area contributed by atoms with E-state index in [0.717, 1.165) is 25.9 Å². The molecule has 1 aromatic rings. The topological polar surface area (TPSA) is 74.8 Å². The van der Waals surface area contributed by atoms with E-state index in [-0.39, 0.29) is 11.7 Å². The summed E-state index contributed by atoms with van der Waals surface area (Å²) in [5.41, 5.74) is 0. The van der Waals surface area contributed by atoms with Gasteiger partial charge in [-0.15, -0.1) is 10.2 Å². The summed E-state index contributed by atoms with van der Waals surface area (Å²) in [6.45, 7) is 5.96. The van der Waals surface area contributed by atoms with Crippen LogP contribution in [0.15, 0.2) is 0 Å². The van der Waals surface area contributed by atoms with E-state index in [2.05, 4.69) is 34.5 Å². The van der Waals surface area contributed by atoms with Crippen LogP contribution in [0.1, 0.15) is 75.8 Å². The number of nitrogens with zero attached hydrogens (tertiary/aromatic N) is 4. The summed E-state index contributed by atoms with van der Waals surface area (Å²) in [6.07, 6.45) is 9.28. The zero-order valence-electron chi connectivity index (χ0n) is 12.8. The number of unbranched alkanes of at least 4 members (excludes halogenated alkanes) is 6. The van der Waals surface area contributed by atoms with Gasteiger partial charge >= 0.3 is 0 Å². The maximum atomic E-state index is 12.3. The normalized spacial score (nSPS) is 10.7. The largest absolute Gasteiger partial charge is 0.336 e. The third-order valence-corrected chi connectivity index (χ3v) is 3.39. The van der Waals surface area contributed by atoms with E-state index in [0.29, 0.717) is 0 Å². The Balaban J connectivity index is 2.43. The second-order valence-corrected chi connectivity index (χ2v) is 5.15. The molecule has 1 heterocycles. The Morgan fingerprint density at radius 1 is 1.00 bits per heavy atom. The molecule has 114 valence electrons. The molecule has 0 saturated heterocycles. The maximum Gasteiger partial charge on any atom is 0.295 e. The fourth-order valence-electron chi connectivity index (χ4n) is 2.17. The molecule has 20 heavy (non-hydrogen) atoms. The van der Waals surface area contributed by atoms with Crippen LogP contribution < -0.4 is 0 Å². The Morgan fingerprint density at radius 3 is 2.05 bits per heavy atom. The molecule has 0 aliphatic heterocycles. The lowest BCUT2D eigenvalue weighted by molar-refractivity contribution is 0.0737. The van der Waals surface area contributed by atoms with E-state index < -0.39 is 0 Å².